The van der Waals surface area contributed by atoms with Crippen molar-refractivity contribution in [2.45, 2.75) is 50.5 Å². The molecule has 1 spiro atoms. The van der Waals surface area contributed by atoms with Crippen LogP contribution in [0, 0.1) is 12.8 Å². The Morgan fingerprint density at radius 1 is 1.15 bits per heavy atom. The molecule has 2 aliphatic heterocycles. The van der Waals surface area contributed by atoms with Crippen LogP contribution in [-0.4, -0.2) is 52.4 Å². The first kappa shape index (κ1) is 26.6. The molecular formula is C29H29ClF2N6O2. The van der Waals surface area contributed by atoms with E-state index in [1.165, 1.54) is 6.07 Å². The lowest BCUT2D eigenvalue weighted by molar-refractivity contribution is -0.124. The van der Waals surface area contributed by atoms with Gasteiger partial charge in [0.2, 0.25) is 5.91 Å². The topological polar surface area (TPSA) is 91.3 Å². The summed E-state index contributed by atoms with van der Waals surface area (Å²) in [5, 5.41) is 3.02. The first-order valence-corrected chi connectivity index (χ1v) is 13.8. The van der Waals surface area contributed by atoms with Gasteiger partial charge in [0.25, 0.3) is 12.3 Å². The van der Waals surface area contributed by atoms with Gasteiger partial charge in [0.05, 0.1) is 10.6 Å². The third-order valence-corrected chi connectivity index (χ3v) is 8.54. The number of benzene rings is 1. The Morgan fingerprint density at radius 3 is 2.62 bits per heavy atom. The number of para-hydroxylation sites is 1. The smallest absolute Gasteiger partial charge is 0.281 e. The number of anilines is 2. The van der Waals surface area contributed by atoms with Gasteiger partial charge in [-0.25, -0.2) is 18.7 Å². The van der Waals surface area contributed by atoms with Gasteiger partial charge in [0, 0.05) is 43.8 Å². The van der Waals surface area contributed by atoms with E-state index >= 15 is 0 Å². The molecule has 208 valence electrons. The summed E-state index contributed by atoms with van der Waals surface area (Å²) in [7, 11) is 0. The van der Waals surface area contributed by atoms with Gasteiger partial charge in [-0.15, -0.1) is 0 Å². The van der Waals surface area contributed by atoms with E-state index in [0.717, 1.165) is 36.1 Å². The lowest BCUT2D eigenvalue weighted by Gasteiger charge is -2.47. The van der Waals surface area contributed by atoms with E-state index in [9.17, 15) is 18.4 Å². The highest BCUT2D eigenvalue weighted by molar-refractivity contribution is 6.30. The molecular weight excluding hydrogens is 538 g/mol. The number of nitrogens with one attached hydrogen (secondary N) is 1. The Balaban J connectivity index is 1.10. The molecule has 2 amide bonds. The number of aryl methyl sites for hydroxylation is 1. The Morgan fingerprint density at radius 2 is 1.90 bits per heavy atom. The number of fused-ring (bicyclic) bond motifs is 2. The minimum Gasteiger partial charge on any atom is -0.354 e. The first-order valence-electron chi connectivity index (χ1n) is 13.5. The van der Waals surface area contributed by atoms with Crippen LogP contribution in [0.25, 0.3) is 0 Å². The van der Waals surface area contributed by atoms with Crippen molar-refractivity contribution in [1.29, 1.82) is 0 Å². The Hall–Kier alpha value is -3.66. The van der Waals surface area contributed by atoms with Crippen LogP contribution in [0.15, 0.2) is 48.8 Å². The van der Waals surface area contributed by atoms with E-state index in [1.807, 2.05) is 36.1 Å². The lowest BCUT2D eigenvalue weighted by Crippen LogP contribution is -2.64. The number of carbonyl (C=O) groups is 2. The minimum atomic E-state index is -2.87. The molecule has 1 aromatic carbocycles. The highest BCUT2D eigenvalue weighted by Crippen LogP contribution is 2.48. The van der Waals surface area contributed by atoms with Gasteiger partial charge < -0.3 is 15.1 Å². The number of aromatic nitrogens is 3. The summed E-state index contributed by atoms with van der Waals surface area (Å²) >= 11 is 5.91. The van der Waals surface area contributed by atoms with Crippen molar-refractivity contribution >= 4 is 34.9 Å². The largest absolute Gasteiger partial charge is 0.354 e. The average Bonchev–Trinajstić information content (AvgIpc) is 3.16. The van der Waals surface area contributed by atoms with Crippen LogP contribution in [-0.2, 0) is 10.2 Å². The first-order chi connectivity index (χ1) is 19.2. The number of alkyl halides is 2. The second-order valence-electron chi connectivity index (χ2n) is 10.9. The maximum absolute atomic E-state index is 13.9. The van der Waals surface area contributed by atoms with E-state index in [-0.39, 0.29) is 28.5 Å². The SMILES string of the molecule is Cc1nccc(N2CC3(C2)C(=O)N(CC2CCC(NC(=O)c4cc(Cl)cnc4C(F)F)CC2)c2ccccc23)n1. The third kappa shape index (κ3) is 4.68. The number of nitrogens with zero attached hydrogens (tertiary/aromatic N) is 5. The molecule has 1 aliphatic carbocycles. The summed E-state index contributed by atoms with van der Waals surface area (Å²) in [5.74, 6) is 1.33. The fourth-order valence-corrected chi connectivity index (χ4v) is 6.44. The van der Waals surface area contributed by atoms with Gasteiger partial charge in [-0.1, -0.05) is 29.8 Å². The van der Waals surface area contributed by atoms with Crippen LogP contribution in [0.4, 0.5) is 20.3 Å². The Labute approximate surface area is 235 Å². The minimum absolute atomic E-state index is 0.124. The van der Waals surface area contributed by atoms with E-state index in [4.69, 9.17) is 11.6 Å². The average molecular weight is 567 g/mol. The number of rotatable bonds is 6. The monoisotopic (exact) mass is 566 g/mol. The molecule has 0 atom stereocenters. The molecule has 4 heterocycles. The maximum atomic E-state index is 13.9. The van der Waals surface area contributed by atoms with Crippen LogP contribution >= 0.6 is 11.6 Å². The summed E-state index contributed by atoms with van der Waals surface area (Å²) in [6, 6.07) is 11.0. The van der Waals surface area contributed by atoms with Crippen molar-refractivity contribution in [1.82, 2.24) is 20.3 Å². The van der Waals surface area contributed by atoms with Crippen molar-refractivity contribution in [2.75, 3.05) is 29.4 Å². The quantitative estimate of drug-likeness (QED) is 0.458. The van der Waals surface area contributed by atoms with Crippen molar-refractivity contribution in [3.8, 4) is 0 Å². The summed E-state index contributed by atoms with van der Waals surface area (Å²) in [4.78, 5) is 43.1. The lowest BCUT2D eigenvalue weighted by atomic mass is 9.74. The Kier molecular flexibility index (Phi) is 6.90. The van der Waals surface area contributed by atoms with Gasteiger partial charge in [-0.3, -0.25) is 14.6 Å². The molecule has 1 saturated heterocycles. The van der Waals surface area contributed by atoms with Gasteiger partial charge in [-0.2, -0.15) is 0 Å². The standard InChI is InChI=1S/C29H29ClF2N6O2/c1-17-33-11-10-24(35-17)37-15-29(16-37)22-4-2-3-5-23(22)38(28(29)40)14-18-6-8-20(9-7-18)36-27(39)21-12-19(30)13-34-25(21)26(31)32/h2-5,10-13,18,20,26H,6-9,14-16H2,1H3,(H,36,39). The molecule has 6 rings (SSSR count). The zero-order valence-electron chi connectivity index (χ0n) is 22.0. The second kappa shape index (κ2) is 10.4. The zero-order valence-corrected chi connectivity index (χ0v) is 22.7. The van der Waals surface area contributed by atoms with Crippen molar-refractivity contribution < 1.29 is 18.4 Å². The van der Waals surface area contributed by atoms with Gasteiger partial charge in [-0.05, 0) is 62.3 Å². The number of halogens is 3. The van der Waals surface area contributed by atoms with Crippen LogP contribution in [0.2, 0.25) is 5.02 Å². The fraction of sp³-hybridized carbons (Fsp3) is 0.414. The molecule has 0 radical (unpaired) electrons. The Bertz CT molecular complexity index is 1460. The van der Waals surface area contributed by atoms with E-state index in [1.54, 1.807) is 6.20 Å². The predicted octanol–water partition coefficient (Wildman–Crippen LogP) is 4.86. The molecule has 0 unspecified atom stereocenters. The van der Waals surface area contributed by atoms with Crippen molar-refractivity contribution in [3.05, 3.63) is 76.5 Å². The molecule has 3 aromatic rings. The molecule has 1 N–H and O–H groups in total. The van der Waals surface area contributed by atoms with Crippen molar-refractivity contribution in [3.63, 3.8) is 0 Å². The van der Waals surface area contributed by atoms with E-state index < -0.39 is 23.4 Å². The summed E-state index contributed by atoms with van der Waals surface area (Å²) in [5.41, 5.74) is 0.692. The van der Waals surface area contributed by atoms with E-state index in [2.05, 4.69) is 31.2 Å². The number of hydrogen-bond donors (Lipinski definition) is 1. The molecule has 2 fully saturated rings. The highest BCUT2D eigenvalue weighted by Gasteiger charge is 2.58. The van der Waals surface area contributed by atoms with Gasteiger partial charge in [0.15, 0.2) is 0 Å². The molecule has 3 aliphatic rings. The highest BCUT2D eigenvalue weighted by atomic mass is 35.5. The van der Waals surface area contributed by atoms with Crippen LogP contribution in [0.5, 0.6) is 0 Å². The molecule has 1 saturated carbocycles. The molecule has 2 aromatic heterocycles. The maximum Gasteiger partial charge on any atom is 0.281 e. The second-order valence-corrected chi connectivity index (χ2v) is 11.3. The van der Waals surface area contributed by atoms with Crippen molar-refractivity contribution in [2.24, 2.45) is 5.92 Å². The number of hydrogen-bond acceptors (Lipinski definition) is 6. The predicted molar refractivity (Wildman–Crippen MR) is 147 cm³/mol. The van der Waals surface area contributed by atoms with Crippen LogP contribution in [0.1, 0.15) is 59.5 Å². The molecule has 40 heavy (non-hydrogen) atoms. The third-order valence-electron chi connectivity index (χ3n) is 8.33. The molecule has 8 nitrogen and oxygen atoms in total. The summed E-state index contributed by atoms with van der Waals surface area (Å²) in [6.07, 6.45) is 3.00. The van der Waals surface area contributed by atoms with Gasteiger partial charge in [0.1, 0.15) is 22.8 Å². The number of amides is 2. The molecule has 11 heteroatoms. The fourth-order valence-electron chi connectivity index (χ4n) is 6.29. The summed E-state index contributed by atoms with van der Waals surface area (Å²) < 4.78 is 26.7. The molecule has 0 bridgehead atoms. The van der Waals surface area contributed by atoms with E-state index in [0.29, 0.717) is 38.3 Å². The van der Waals surface area contributed by atoms with Crippen LogP contribution < -0.4 is 15.1 Å². The normalized spacial score (nSPS) is 21.5. The van der Waals surface area contributed by atoms with Gasteiger partial charge >= 0.3 is 0 Å². The zero-order chi connectivity index (χ0) is 28.0. The number of carbonyl (C=O) groups excluding carboxylic acids is 2. The van der Waals surface area contributed by atoms with Crippen LogP contribution in [0.3, 0.4) is 0 Å². The number of pyridine rings is 1. The summed E-state index contributed by atoms with van der Waals surface area (Å²) in [6.45, 7) is 3.62.